The molecule has 0 unspecified atom stereocenters. The molecule has 3 aromatic rings. The molecule has 192 valence electrons. The Hall–Kier alpha value is -3.39. The number of nitrogen functional groups attached to an aromatic ring is 1. The topological polar surface area (TPSA) is 134 Å². The summed E-state index contributed by atoms with van der Waals surface area (Å²) in [6.07, 6.45) is 7.39. The first-order chi connectivity index (χ1) is 16.9. The van der Waals surface area contributed by atoms with Crippen LogP contribution in [0.1, 0.15) is 68.3 Å². The number of aliphatic carboxylic acids is 1. The zero-order chi connectivity index (χ0) is 24.8. The summed E-state index contributed by atoms with van der Waals surface area (Å²) in [5, 5.41) is 19.6. The number of hydrogen-bond acceptors (Lipinski definition) is 4. The van der Waals surface area contributed by atoms with Gasteiger partial charge >= 0.3 is 5.97 Å². The van der Waals surface area contributed by atoms with Crippen LogP contribution in [0.3, 0.4) is 0 Å². The molecule has 0 aliphatic heterocycles. The summed E-state index contributed by atoms with van der Waals surface area (Å²) in [4.78, 5) is 28.5. The molecule has 2 aromatic carbocycles. The van der Waals surface area contributed by atoms with Gasteiger partial charge in [-0.2, -0.15) is 0 Å². The molecule has 8 nitrogen and oxygen atoms in total. The molecule has 1 aliphatic rings. The standard InChI is InChI=1S/C27H33N5O3.ClH/c28-26(29)19-11-9-18(10-12-19)16-24-31-22-17-21(30-27(35)20-6-2-1-3-7-20)13-14-23(22)32(24)15-5-4-8-25(33)34;/h9-14,17,20H,1-8,15-16H2,(H3,28,29)(H,30,35)(H,33,34);1H. The molecule has 1 fully saturated rings. The van der Waals surface area contributed by atoms with Gasteiger partial charge in [-0.25, -0.2) is 4.98 Å². The third-order valence-electron chi connectivity index (χ3n) is 6.72. The van der Waals surface area contributed by atoms with Crippen molar-refractivity contribution >= 4 is 46.8 Å². The summed E-state index contributed by atoms with van der Waals surface area (Å²) in [7, 11) is 0. The summed E-state index contributed by atoms with van der Waals surface area (Å²) in [5.74, 6) is 0.291. The van der Waals surface area contributed by atoms with Gasteiger partial charge in [0, 0.05) is 36.6 Å². The number of carbonyl (C=O) groups is 2. The van der Waals surface area contributed by atoms with E-state index >= 15 is 0 Å². The average Bonchev–Trinajstić information content (AvgIpc) is 3.18. The molecule has 1 heterocycles. The molecule has 1 aliphatic carbocycles. The van der Waals surface area contributed by atoms with Crippen LogP contribution in [0.5, 0.6) is 0 Å². The molecule has 9 heteroatoms. The van der Waals surface area contributed by atoms with Crippen LogP contribution < -0.4 is 11.1 Å². The third kappa shape index (κ3) is 6.85. The number of halogens is 1. The maximum atomic E-state index is 12.7. The Morgan fingerprint density at radius 1 is 1.08 bits per heavy atom. The number of fused-ring (bicyclic) bond motifs is 1. The second-order valence-electron chi connectivity index (χ2n) is 9.35. The fraction of sp³-hybridized carbons (Fsp3) is 0.407. The van der Waals surface area contributed by atoms with E-state index in [1.54, 1.807) is 0 Å². The predicted molar refractivity (Wildman–Crippen MR) is 144 cm³/mol. The van der Waals surface area contributed by atoms with Crippen molar-refractivity contribution in [2.75, 3.05) is 5.32 Å². The Balaban J connectivity index is 0.00000361. The monoisotopic (exact) mass is 511 g/mol. The number of unbranched alkanes of at least 4 members (excludes halogenated alkanes) is 1. The second-order valence-corrected chi connectivity index (χ2v) is 9.35. The van der Waals surface area contributed by atoms with Crippen LogP contribution in [0.2, 0.25) is 0 Å². The Bertz CT molecular complexity index is 1220. The number of nitrogens with one attached hydrogen (secondary N) is 2. The van der Waals surface area contributed by atoms with Crippen molar-refractivity contribution in [1.29, 1.82) is 5.41 Å². The third-order valence-corrected chi connectivity index (χ3v) is 6.72. The van der Waals surface area contributed by atoms with Gasteiger partial charge in [-0.1, -0.05) is 43.5 Å². The zero-order valence-corrected chi connectivity index (χ0v) is 21.2. The molecule has 1 amide bonds. The van der Waals surface area contributed by atoms with E-state index in [4.69, 9.17) is 21.2 Å². The summed E-state index contributed by atoms with van der Waals surface area (Å²) in [6.45, 7) is 0.665. The summed E-state index contributed by atoms with van der Waals surface area (Å²) >= 11 is 0. The first-order valence-corrected chi connectivity index (χ1v) is 12.4. The van der Waals surface area contributed by atoms with Gasteiger partial charge in [0.05, 0.1) is 11.0 Å². The van der Waals surface area contributed by atoms with E-state index in [0.717, 1.165) is 60.2 Å². The quantitative estimate of drug-likeness (QED) is 0.170. The number of carboxylic acids is 1. The van der Waals surface area contributed by atoms with Crippen molar-refractivity contribution in [3.05, 3.63) is 59.4 Å². The lowest BCUT2D eigenvalue weighted by Gasteiger charge is -2.20. The molecular formula is C27H34ClN5O3. The van der Waals surface area contributed by atoms with E-state index in [2.05, 4.69) is 9.88 Å². The van der Waals surface area contributed by atoms with E-state index < -0.39 is 5.97 Å². The number of carbonyl (C=O) groups excluding carboxylic acids is 1. The molecule has 0 atom stereocenters. The van der Waals surface area contributed by atoms with Crippen LogP contribution in [0.4, 0.5) is 5.69 Å². The summed E-state index contributed by atoms with van der Waals surface area (Å²) in [5.41, 5.74) is 9.81. The van der Waals surface area contributed by atoms with E-state index in [1.165, 1.54) is 6.42 Å². The van der Waals surface area contributed by atoms with Crippen LogP contribution in [0, 0.1) is 11.3 Å². The number of imidazole rings is 1. The largest absolute Gasteiger partial charge is 0.481 e. The maximum Gasteiger partial charge on any atom is 0.303 e. The number of aryl methyl sites for hydroxylation is 1. The minimum absolute atomic E-state index is 0. The molecular weight excluding hydrogens is 478 g/mol. The molecule has 0 radical (unpaired) electrons. The van der Waals surface area contributed by atoms with Crippen LogP contribution in [0.25, 0.3) is 11.0 Å². The molecule has 0 spiro atoms. The van der Waals surface area contributed by atoms with Crippen molar-refractivity contribution in [3.63, 3.8) is 0 Å². The molecule has 0 bridgehead atoms. The van der Waals surface area contributed by atoms with Crippen molar-refractivity contribution in [2.45, 2.75) is 64.3 Å². The second kappa shape index (κ2) is 12.5. The van der Waals surface area contributed by atoms with Gasteiger partial charge in [-0.15, -0.1) is 12.4 Å². The van der Waals surface area contributed by atoms with Crippen molar-refractivity contribution in [2.24, 2.45) is 11.7 Å². The number of anilines is 1. The minimum Gasteiger partial charge on any atom is -0.481 e. The summed E-state index contributed by atoms with van der Waals surface area (Å²) in [6, 6.07) is 13.4. The van der Waals surface area contributed by atoms with Crippen molar-refractivity contribution < 1.29 is 14.7 Å². The molecule has 1 saturated carbocycles. The van der Waals surface area contributed by atoms with Crippen molar-refractivity contribution in [1.82, 2.24) is 9.55 Å². The molecule has 4 rings (SSSR count). The number of benzene rings is 2. The fourth-order valence-electron chi connectivity index (χ4n) is 4.78. The number of hydrogen-bond donors (Lipinski definition) is 4. The fourth-order valence-corrected chi connectivity index (χ4v) is 4.78. The Kier molecular flexibility index (Phi) is 9.47. The van der Waals surface area contributed by atoms with Gasteiger partial charge in [-0.05, 0) is 49.4 Å². The van der Waals surface area contributed by atoms with Gasteiger partial charge in [0.25, 0.3) is 0 Å². The highest BCUT2D eigenvalue weighted by Crippen LogP contribution is 2.27. The van der Waals surface area contributed by atoms with Crippen LogP contribution in [-0.2, 0) is 22.6 Å². The lowest BCUT2D eigenvalue weighted by Crippen LogP contribution is -2.24. The number of rotatable bonds is 10. The van der Waals surface area contributed by atoms with Crippen LogP contribution in [0.15, 0.2) is 42.5 Å². The molecule has 5 N–H and O–H groups in total. The number of carboxylic acid groups (broad SMARTS) is 1. The highest BCUT2D eigenvalue weighted by Gasteiger charge is 2.21. The first kappa shape index (κ1) is 27.2. The van der Waals surface area contributed by atoms with Crippen LogP contribution in [-0.4, -0.2) is 32.4 Å². The normalized spacial score (nSPS) is 13.8. The maximum absolute atomic E-state index is 12.7. The number of amides is 1. The Labute approximate surface area is 217 Å². The highest BCUT2D eigenvalue weighted by atomic mass is 35.5. The van der Waals surface area contributed by atoms with E-state index in [-0.39, 0.29) is 36.5 Å². The number of aromatic nitrogens is 2. The number of nitrogens with zero attached hydrogens (tertiary/aromatic N) is 2. The van der Waals surface area contributed by atoms with Crippen molar-refractivity contribution in [3.8, 4) is 0 Å². The number of amidine groups is 1. The lowest BCUT2D eigenvalue weighted by molar-refractivity contribution is -0.137. The molecule has 0 saturated heterocycles. The van der Waals surface area contributed by atoms with E-state index in [9.17, 15) is 9.59 Å². The summed E-state index contributed by atoms with van der Waals surface area (Å²) < 4.78 is 2.14. The average molecular weight is 512 g/mol. The zero-order valence-electron chi connectivity index (χ0n) is 20.3. The van der Waals surface area contributed by atoms with Gasteiger partial charge in [0.2, 0.25) is 5.91 Å². The Morgan fingerprint density at radius 2 is 1.81 bits per heavy atom. The Morgan fingerprint density at radius 3 is 2.47 bits per heavy atom. The predicted octanol–water partition coefficient (Wildman–Crippen LogP) is 5.11. The minimum atomic E-state index is -0.787. The van der Waals surface area contributed by atoms with Gasteiger partial charge in [0.1, 0.15) is 11.7 Å². The smallest absolute Gasteiger partial charge is 0.303 e. The van der Waals surface area contributed by atoms with E-state index in [0.29, 0.717) is 24.9 Å². The molecule has 36 heavy (non-hydrogen) atoms. The van der Waals surface area contributed by atoms with Gasteiger partial charge < -0.3 is 20.7 Å². The molecule has 1 aromatic heterocycles. The highest BCUT2D eigenvalue weighted by molar-refractivity contribution is 5.95. The van der Waals surface area contributed by atoms with Crippen LogP contribution >= 0.6 is 12.4 Å². The first-order valence-electron chi connectivity index (χ1n) is 12.4. The number of nitrogens with two attached hydrogens (primary N) is 1. The van der Waals surface area contributed by atoms with Gasteiger partial charge in [0.15, 0.2) is 0 Å². The van der Waals surface area contributed by atoms with E-state index in [1.807, 2.05) is 42.5 Å². The SMILES string of the molecule is Cl.N=C(N)c1ccc(Cc2nc3cc(NC(=O)C4CCCCC4)ccc3n2CCCCC(=O)O)cc1. The van der Waals surface area contributed by atoms with Gasteiger partial charge in [-0.3, -0.25) is 15.0 Å². The lowest BCUT2D eigenvalue weighted by atomic mass is 9.88.